The zero-order valence-electron chi connectivity index (χ0n) is 13.9. The summed E-state index contributed by atoms with van der Waals surface area (Å²) in [5.74, 6) is 2.81. The van der Waals surface area contributed by atoms with Crippen molar-refractivity contribution >= 4 is 11.6 Å². The van der Waals surface area contributed by atoms with E-state index in [9.17, 15) is 0 Å². The van der Waals surface area contributed by atoms with Crippen LogP contribution >= 0.6 is 0 Å². The minimum absolute atomic E-state index is 0.0613. The third-order valence-electron chi connectivity index (χ3n) is 3.73. The molecular weight excluding hydrogens is 264 g/mol. The molecule has 0 aliphatic carbocycles. The van der Waals surface area contributed by atoms with Crippen molar-refractivity contribution in [3.63, 3.8) is 0 Å². The van der Waals surface area contributed by atoms with Gasteiger partial charge in [0.2, 0.25) is 0 Å². The predicted molar refractivity (Wildman–Crippen MR) is 87.1 cm³/mol. The zero-order valence-corrected chi connectivity index (χ0v) is 13.9. The van der Waals surface area contributed by atoms with Crippen LogP contribution in [0.2, 0.25) is 0 Å². The number of hydrogen-bond donors (Lipinski definition) is 1. The maximum atomic E-state index is 5.60. The molecule has 21 heavy (non-hydrogen) atoms. The van der Waals surface area contributed by atoms with Crippen LogP contribution in [-0.4, -0.2) is 42.3 Å². The van der Waals surface area contributed by atoms with Crippen molar-refractivity contribution in [1.82, 2.24) is 9.97 Å². The second-order valence-electron chi connectivity index (χ2n) is 6.55. The minimum Gasteiger partial charge on any atom is -0.377 e. The molecule has 1 saturated heterocycles. The van der Waals surface area contributed by atoms with Gasteiger partial charge < -0.3 is 15.0 Å². The maximum absolute atomic E-state index is 5.60. The lowest BCUT2D eigenvalue weighted by Gasteiger charge is -2.36. The van der Waals surface area contributed by atoms with E-state index in [1.807, 2.05) is 0 Å². The molecule has 1 aromatic heterocycles. The topological polar surface area (TPSA) is 50.3 Å². The highest BCUT2D eigenvalue weighted by molar-refractivity contribution is 5.51. The van der Waals surface area contributed by atoms with Crippen LogP contribution in [0.3, 0.4) is 0 Å². The smallest absolute Gasteiger partial charge is 0.138 e. The molecule has 5 nitrogen and oxygen atoms in total. The lowest BCUT2D eigenvalue weighted by molar-refractivity contribution is 0.0925. The van der Waals surface area contributed by atoms with E-state index in [1.165, 1.54) is 0 Å². The molecule has 0 radical (unpaired) electrons. The van der Waals surface area contributed by atoms with E-state index in [1.54, 1.807) is 0 Å². The highest BCUT2D eigenvalue weighted by atomic mass is 16.5. The summed E-state index contributed by atoms with van der Waals surface area (Å²) in [5.41, 5.74) is -0.0613. The van der Waals surface area contributed by atoms with Crippen molar-refractivity contribution < 1.29 is 4.74 Å². The number of ether oxygens (including phenoxy) is 1. The van der Waals surface area contributed by atoms with Crippen molar-refractivity contribution in [3.8, 4) is 0 Å². The maximum Gasteiger partial charge on any atom is 0.138 e. The van der Waals surface area contributed by atoms with E-state index >= 15 is 0 Å². The molecule has 118 valence electrons. The van der Waals surface area contributed by atoms with E-state index in [0.29, 0.717) is 6.04 Å². The number of anilines is 2. The van der Waals surface area contributed by atoms with E-state index in [-0.39, 0.29) is 5.41 Å². The van der Waals surface area contributed by atoms with Crippen molar-refractivity contribution in [2.75, 3.05) is 36.5 Å². The molecule has 0 amide bonds. The van der Waals surface area contributed by atoms with Gasteiger partial charge in [0, 0.05) is 24.6 Å². The number of morpholine rings is 1. The number of nitrogens with zero attached hydrogens (tertiary/aromatic N) is 3. The second-order valence-corrected chi connectivity index (χ2v) is 6.55. The summed E-state index contributed by atoms with van der Waals surface area (Å²) >= 11 is 0. The van der Waals surface area contributed by atoms with E-state index in [2.05, 4.69) is 55.9 Å². The molecule has 0 aromatic carbocycles. The summed E-state index contributed by atoms with van der Waals surface area (Å²) < 4.78 is 5.60. The Hall–Kier alpha value is -1.36. The summed E-state index contributed by atoms with van der Waals surface area (Å²) in [6.07, 6.45) is 1.06. The molecule has 1 aliphatic heterocycles. The molecular formula is C16H28N4O. The fraction of sp³-hybridized carbons (Fsp3) is 0.750. The van der Waals surface area contributed by atoms with Gasteiger partial charge in [-0.2, -0.15) is 0 Å². The standard InChI is InChI=1S/C16H28N4O/c1-6-12-11-21-9-8-20(12)14-10-13(17-7-2)18-15(19-14)16(3,4)5/h10,12H,6-9,11H2,1-5H3,(H,17,18,19). The van der Waals surface area contributed by atoms with Crippen LogP contribution < -0.4 is 10.2 Å². The lowest BCUT2D eigenvalue weighted by atomic mass is 9.95. The Labute approximate surface area is 128 Å². The van der Waals surface area contributed by atoms with Crippen molar-refractivity contribution in [2.45, 2.75) is 52.5 Å². The van der Waals surface area contributed by atoms with Gasteiger partial charge in [0.05, 0.1) is 19.3 Å². The third kappa shape index (κ3) is 3.84. The van der Waals surface area contributed by atoms with Crippen molar-refractivity contribution in [3.05, 3.63) is 11.9 Å². The molecule has 1 aliphatic rings. The van der Waals surface area contributed by atoms with Crippen LogP contribution in [0.25, 0.3) is 0 Å². The highest BCUT2D eigenvalue weighted by Crippen LogP contribution is 2.26. The monoisotopic (exact) mass is 292 g/mol. The fourth-order valence-corrected chi connectivity index (χ4v) is 2.48. The van der Waals surface area contributed by atoms with Crippen LogP contribution in [0.5, 0.6) is 0 Å². The Morgan fingerprint density at radius 2 is 2.10 bits per heavy atom. The van der Waals surface area contributed by atoms with Crippen LogP contribution in [0.4, 0.5) is 11.6 Å². The molecule has 1 N–H and O–H groups in total. The normalized spacial score (nSPS) is 19.7. The highest BCUT2D eigenvalue weighted by Gasteiger charge is 2.26. The van der Waals surface area contributed by atoms with Gasteiger partial charge >= 0.3 is 0 Å². The molecule has 1 atom stereocenters. The van der Waals surface area contributed by atoms with Gasteiger partial charge in [-0.1, -0.05) is 27.7 Å². The van der Waals surface area contributed by atoms with Gasteiger partial charge in [-0.05, 0) is 13.3 Å². The van der Waals surface area contributed by atoms with Gasteiger partial charge in [-0.25, -0.2) is 9.97 Å². The molecule has 0 spiro atoms. The van der Waals surface area contributed by atoms with Gasteiger partial charge in [-0.15, -0.1) is 0 Å². The Morgan fingerprint density at radius 1 is 1.33 bits per heavy atom. The molecule has 2 rings (SSSR count). The second kappa shape index (κ2) is 6.60. The van der Waals surface area contributed by atoms with Gasteiger partial charge in [0.25, 0.3) is 0 Å². The van der Waals surface area contributed by atoms with E-state index in [0.717, 1.165) is 50.2 Å². The summed E-state index contributed by atoms with van der Waals surface area (Å²) in [7, 11) is 0. The first-order valence-electron chi connectivity index (χ1n) is 7.93. The zero-order chi connectivity index (χ0) is 15.5. The fourth-order valence-electron chi connectivity index (χ4n) is 2.48. The van der Waals surface area contributed by atoms with E-state index in [4.69, 9.17) is 9.72 Å². The molecule has 2 heterocycles. The summed E-state index contributed by atoms with van der Waals surface area (Å²) in [4.78, 5) is 11.9. The molecule has 1 aromatic rings. The minimum atomic E-state index is -0.0613. The molecule has 0 saturated carbocycles. The Kier molecular flexibility index (Phi) is 5.04. The number of rotatable bonds is 4. The molecule has 5 heteroatoms. The summed E-state index contributed by atoms with van der Waals surface area (Å²) in [6.45, 7) is 14.0. The lowest BCUT2D eigenvalue weighted by Crippen LogP contribution is -2.45. The average molecular weight is 292 g/mol. The first-order valence-corrected chi connectivity index (χ1v) is 7.93. The number of aromatic nitrogens is 2. The SMILES string of the molecule is CCNc1cc(N2CCOCC2CC)nc(C(C)(C)C)n1. The van der Waals surface area contributed by atoms with Crippen molar-refractivity contribution in [1.29, 1.82) is 0 Å². The molecule has 1 unspecified atom stereocenters. The van der Waals surface area contributed by atoms with Gasteiger partial charge in [0.1, 0.15) is 17.5 Å². The predicted octanol–water partition coefficient (Wildman–Crippen LogP) is 2.82. The Balaban J connectivity index is 2.38. The Bertz CT molecular complexity index is 470. The van der Waals surface area contributed by atoms with Crippen LogP contribution in [-0.2, 0) is 10.2 Å². The Morgan fingerprint density at radius 3 is 2.71 bits per heavy atom. The first-order chi connectivity index (χ1) is 9.95. The van der Waals surface area contributed by atoms with E-state index < -0.39 is 0 Å². The number of nitrogens with one attached hydrogen (secondary N) is 1. The third-order valence-corrected chi connectivity index (χ3v) is 3.73. The largest absolute Gasteiger partial charge is 0.377 e. The first kappa shape index (κ1) is 16.0. The summed E-state index contributed by atoms with van der Waals surface area (Å²) in [6, 6.07) is 2.46. The van der Waals surface area contributed by atoms with Crippen LogP contribution in [0, 0.1) is 0 Å². The van der Waals surface area contributed by atoms with Gasteiger partial charge in [-0.3, -0.25) is 0 Å². The number of hydrogen-bond acceptors (Lipinski definition) is 5. The summed E-state index contributed by atoms with van der Waals surface area (Å²) in [5, 5.41) is 3.32. The van der Waals surface area contributed by atoms with Crippen molar-refractivity contribution in [2.24, 2.45) is 0 Å². The average Bonchev–Trinajstić information content (AvgIpc) is 2.46. The molecule has 1 fully saturated rings. The van der Waals surface area contributed by atoms with Crippen LogP contribution in [0.15, 0.2) is 6.07 Å². The molecule has 0 bridgehead atoms. The van der Waals surface area contributed by atoms with Crippen LogP contribution in [0.1, 0.15) is 46.9 Å². The quantitative estimate of drug-likeness (QED) is 0.925. The van der Waals surface area contributed by atoms with Gasteiger partial charge in [0.15, 0.2) is 0 Å².